The number of nitrogens with zero attached hydrogens (tertiary/aromatic N) is 4. The lowest BCUT2D eigenvalue weighted by Crippen LogP contribution is -2.42. The molecule has 3 heterocycles. The molecule has 9 heteroatoms. The molecule has 0 aliphatic carbocycles. The fourth-order valence-electron chi connectivity index (χ4n) is 2.84. The van der Waals surface area contributed by atoms with Gasteiger partial charge < -0.3 is 5.11 Å². The summed E-state index contributed by atoms with van der Waals surface area (Å²) in [4.78, 5) is 18.3. The standard InChI is InChI=1S/C18H18N6O2S/c1-12-7-15(22-21-12)20-17-11-23(10-16-19-5-6-24(16)17)27-14-4-2-3-13(8-14)9-18(25)26/h2-8,11H,9-10H2,1H3,(H,25,26)(H2,20,21,22)/q+1. The molecule has 3 N–H and O–H groups in total. The van der Waals surface area contributed by atoms with Gasteiger partial charge in [-0.25, -0.2) is 0 Å². The second-order valence-electron chi connectivity index (χ2n) is 6.17. The van der Waals surface area contributed by atoms with Gasteiger partial charge in [-0.2, -0.15) is 10.1 Å². The van der Waals surface area contributed by atoms with E-state index in [0.717, 1.165) is 33.6 Å². The van der Waals surface area contributed by atoms with E-state index in [2.05, 4.69) is 24.8 Å². The third-order valence-corrected chi connectivity index (χ3v) is 4.91. The highest BCUT2D eigenvalue weighted by atomic mass is 32.2. The normalized spacial score (nSPS) is 16.1. The number of carbonyl (C=O) groups is 1. The fourth-order valence-corrected chi connectivity index (χ4v) is 3.79. The lowest BCUT2D eigenvalue weighted by Gasteiger charge is -2.24. The maximum atomic E-state index is 10.9. The number of carboxylic acids is 1. The number of nitrogens with one attached hydrogen (secondary N) is 2. The second kappa shape index (κ2) is 7.29. The van der Waals surface area contributed by atoms with Gasteiger partial charge in [0.05, 0.1) is 18.8 Å². The van der Waals surface area contributed by atoms with Crippen LogP contribution in [0.2, 0.25) is 0 Å². The van der Waals surface area contributed by atoms with Crippen LogP contribution in [0.5, 0.6) is 0 Å². The van der Waals surface area contributed by atoms with E-state index in [1.54, 1.807) is 6.20 Å². The largest absolute Gasteiger partial charge is 0.481 e. The molecule has 8 nitrogen and oxygen atoms in total. The van der Waals surface area contributed by atoms with Gasteiger partial charge in [-0.05, 0) is 41.5 Å². The molecule has 0 atom stereocenters. The summed E-state index contributed by atoms with van der Waals surface area (Å²) in [6.07, 6.45) is 5.68. The smallest absolute Gasteiger partial charge is 0.307 e. The van der Waals surface area contributed by atoms with Crippen LogP contribution in [0.3, 0.4) is 0 Å². The van der Waals surface area contributed by atoms with E-state index >= 15 is 0 Å². The van der Waals surface area contributed by atoms with E-state index < -0.39 is 5.97 Å². The summed E-state index contributed by atoms with van der Waals surface area (Å²) in [5.41, 5.74) is 1.75. The number of anilines is 1. The van der Waals surface area contributed by atoms with Crippen LogP contribution < -0.4 is 10.2 Å². The molecule has 0 bridgehead atoms. The Kier molecular flexibility index (Phi) is 4.69. The van der Waals surface area contributed by atoms with Crippen molar-refractivity contribution in [2.75, 3.05) is 11.9 Å². The fraction of sp³-hybridized carbons (Fsp3) is 0.167. The average Bonchev–Trinajstić information content (AvgIpc) is 3.23. The van der Waals surface area contributed by atoms with Gasteiger partial charge >= 0.3 is 5.97 Å². The van der Waals surface area contributed by atoms with Gasteiger partial charge in [-0.3, -0.25) is 19.5 Å². The number of amidine groups is 1. The lowest BCUT2D eigenvalue weighted by atomic mass is 10.2. The number of aliphatic imine (C=N–C) groups is 1. The number of carboxylic acid groups (broad SMARTS) is 1. The SMILES string of the molecule is Cc1cc(NC2=CN(Sc3cccc(CC(=O)O)c3)CC3=NC=C[N+]23)n[nH]1. The maximum Gasteiger partial charge on any atom is 0.307 e. The highest BCUT2D eigenvalue weighted by molar-refractivity contribution is 7.97. The average molecular weight is 382 g/mol. The number of hydrogen-bond acceptors (Lipinski definition) is 7. The first kappa shape index (κ1) is 17.4. The number of fused-ring (bicyclic) bond motifs is 1. The Hall–Kier alpha value is -3.04. The van der Waals surface area contributed by atoms with Crippen molar-refractivity contribution >= 4 is 29.6 Å². The van der Waals surface area contributed by atoms with Crippen LogP contribution in [0, 0.1) is 6.92 Å². The van der Waals surface area contributed by atoms with Gasteiger partial charge in [0.2, 0.25) is 0 Å². The van der Waals surface area contributed by atoms with E-state index in [4.69, 9.17) is 5.11 Å². The van der Waals surface area contributed by atoms with Gasteiger partial charge in [0.15, 0.2) is 12.0 Å². The highest BCUT2D eigenvalue weighted by Crippen LogP contribution is 2.29. The summed E-state index contributed by atoms with van der Waals surface area (Å²) >= 11 is 1.53. The molecule has 2 aromatic rings. The molecule has 0 amide bonds. The van der Waals surface area contributed by atoms with Crippen LogP contribution in [-0.2, 0) is 11.2 Å². The number of rotatable bonds is 6. The third-order valence-electron chi connectivity index (χ3n) is 3.98. The zero-order chi connectivity index (χ0) is 18.8. The molecule has 0 saturated heterocycles. The molecule has 1 aromatic heterocycles. The van der Waals surface area contributed by atoms with Crippen LogP contribution >= 0.6 is 11.9 Å². The van der Waals surface area contributed by atoms with Crippen molar-refractivity contribution in [3.8, 4) is 0 Å². The van der Waals surface area contributed by atoms with Crippen LogP contribution in [0.4, 0.5) is 5.82 Å². The van der Waals surface area contributed by atoms with Crippen LogP contribution in [0.15, 0.2) is 64.6 Å². The van der Waals surface area contributed by atoms with Gasteiger partial charge in [0.25, 0.3) is 11.7 Å². The summed E-state index contributed by atoms with van der Waals surface area (Å²) in [5.74, 6) is 1.64. The molecule has 1 aromatic carbocycles. The molecule has 0 spiro atoms. The zero-order valence-corrected chi connectivity index (χ0v) is 15.4. The topological polar surface area (TPSA) is 99.5 Å². The number of hydrogen-bond donors (Lipinski definition) is 3. The molecule has 137 valence electrons. The Morgan fingerprint density at radius 3 is 3.11 bits per heavy atom. The second-order valence-corrected chi connectivity index (χ2v) is 7.30. The minimum absolute atomic E-state index is 0.0139. The van der Waals surface area contributed by atoms with Gasteiger partial charge in [-0.15, -0.1) is 0 Å². The first-order chi connectivity index (χ1) is 13.1. The molecule has 1 radical (unpaired) electrons. The Balaban J connectivity index is 1.54. The predicted octanol–water partition coefficient (Wildman–Crippen LogP) is 2.60. The first-order valence-corrected chi connectivity index (χ1v) is 9.13. The summed E-state index contributed by atoms with van der Waals surface area (Å²) in [7, 11) is 0. The van der Waals surface area contributed by atoms with Crippen LogP contribution in [-0.4, -0.2) is 38.0 Å². The monoisotopic (exact) mass is 382 g/mol. The van der Waals surface area contributed by atoms with Crippen molar-refractivity contribution in [3.05, 3.63) is 66.0 Å². The number of benzene rings is 1. The maximum absolute atomic E-state index is 10.9. The van der Waals surface area contributed by atoms with E-state index in [0.29, 0.717) is 6.54 Å². The molecule has 27 heavy (non-hydrogen) atoms. The minimum atomic E-state index is -0.835. The zero-order valence-electron chi connectivity index (χ0n) is 14.6. The number of aromatic nitrogens is 2. The number of aryl methyl sites for hydroxylation is 1. The Bertz CT molecular complexity index is 964. The quantitative estimate of drug-likeness (QED) is 0.525. The lowest BCUT2D eigenvalue weighted by molar-refractivity contribution is -0.136. The third kappa shape index (κ3) is 4.04. The molecule has 4 rings (SSSR count). The van der Waals surface area contributed by atoms with Crippen molar-refractivity contribution < 1.29 is 9.90 Å². The highest BCUT2D eigenvalue weighted by Gasteiger charge is 2.37. The summed E-state index contributed by atoms with van der Waals surface area (Å²) < 4.78 is 2.06. The molecular formula is C18H18N6O2S+. The predicted molar refractivity (Wildman–Crippen MR) is 104 cm³/mol. The van der Waals surface area contributed by atoms with Crippen molar-refractivity contribution in [2.24, 2.45) is 4.99 Å². The Labute approximate surface area is 160 Å². The van der Waals surface area contributed by atoms with Crippen LogP contribution in [0.25, 0.3) is 0 Å². The van der Waals surface area contributed by atoms with Crippen molar-refractivity contribution in [1.82, 2.24) is 19.4 Å². The molecule has 0 unspecified atom stereocenters. The molecule has 2 aliphatic heterocycles. The summed E-state index contributed by atoms with van der Waals surface area (Å²) in [5, 5.41) is 19.4. The number of H-pyrrole nitrogens is 1. The van der Waals surface area contributed by atoms with E-state index in [-0.39, 0.29) is 6.42 Å². The number of aliphatic carboxylic acids is 1. The van der Waals surface area contributed by atoms with Crippen molar-refractivity contribution in [3.63, 3.8) is 0 Å². The number of aromatic amines is 1. The Morgan fingerprint density at radius 2 is 2.33 bits per heavy atom. The van der Waals surface area contributed by atoms with Crippen molar-refractivity contribution in [2.45, 2.75) is 18.2 Å². The molecular weight excluding hydrogens is 364 g/mol. The van der Waals surface area contributed by atoms with Crippen molar-refractivity contribution in [1.29, 1.82) is 0 Å². The van der Waals surface area contributed by atoms with Gasteiger partial charge in [-0.1, -0.05) is 12.1 Å². The van der Waals surface area contributed by atoms with Gasteiger partial charge in [0.1, 0.15) is 6.54 Å². The first-order valence-electron chi connectivity index (χ1n) is 8.35. The summed E-state index contributed by atoms with van der Waals surface area (Å²) in [6.45, 7) is 2.58. The molecule has 2 aliphatic rings. The summed E-state index contributed by atoms with van der Waals surface area (Å²) in [6, 6.07) is 9.50. The van der Waals surface area contributed by atoms with E-state index in [1.165, 1.54) is 11.9 Å². The van der Waals surface area contributed by atoms with Gasteiger partial charge in [0, 0.05) is 16.7 Å². The minimum Gasteiger partial charge on any atom is -0.481 e. The molecule has 0 fully saturated rings. The Morgan fingerprint density at radius 1 is 1.44 bits per heavy atom. The molecule has 0 saturated carbocycles. The van der Waals surface area contributed by atoms with E-state index in [1.807, 2.05) is 54.6 Å². The van der Waals surface area contributed by atoms with E-state index in [9.17, 15) is 4.79 Å². The van der Waals surface area contributed by atoms with Crippen LogP contribution in [0.1, 0.15) is 11.3 Å².